The van der Waals surface area contributed by atoms with Gasteiger partial charge in [-0.25, -0.2) is 0 Å². The number of aromatic amines is 1. The molecular weight excluding hydrogens is 148 g/mol. The maximum atomic E-state index is 6.15. The first-order chi connectivity index (χ1) is 5.56. The van der Waals surface area contributed by atoms with Crippen molar-refractivity contribution in [3.05, 3.63) is 24.0 Å². The lowest BCUT2D eigenvalue weighted by molar-refractivity contribution is 0.392. The Morgan fingerprint density at radius 1 is 1.50 bits per heavy atom. The second-order valence-corrected chi connectivity index (χ2v) is 4.40. The van der Waals surface area contributed by atoms with E-state index in [2.05, 4.69) is 31.1 Å². The lowest BCUT2D eigenvalue weighted by Crippen LogP contribution is -2.45. The summed E-state index contributed by atoms with van der Waals surface area (Å²) in [5.74, 6) is 0. The summed E-state index contributed by atoms with van der Waals surface area (Å²) >= 11 is 0. The average molecular weight is 164 g/mol. The van der Waals surface area contributed by atoms with Crippen molar-refractivity contribution in [2.24, 2.45) is 5.73 Å². The molecule has 1 aromatic heterocycles. The monoisotopic (exact) mass is 164 g/mol. The average Bonchev–Trinajstić information content (AvgIpc) is 2.61. The van der Waals surface area contributed by atoms with E-state index in [0.29, 0.717) is 0 Å². The van der Waals surface area contributed by atoms with Crippen molar-refractivity contribution in [3.8, 4) is 0 Å². The first-order valence-corrected chi connectivity index (χ1v) is 4.48. The van der Waals surface area contributed by atoms with Crippen LogP contribution in [0.1, 0.15) is 32.3 Å². The molecule has 1 aliphatic rings. The smallest absolute Gasteiger partial charge is 0.0195 e. The van der Waals surface area contributed by atoms with Crippen molar-refractivity contribution < 1.29 is 0 Å². The molecule has 0 unspecified atom stereocenters. The largest absolute Gasteiger partial charge is 0.367 e. The highest BCUT2D eigenvalue weighted by Gasteiger charge is 2.53. The molecular formula is C10H16N2. The number of hydrogen-bond donors (Lipinski definition) is 2. The SMILES string of the molecule is CC(C)(N)C1(c2cc[nH]c2)CC1. The summed E-state index contributed by atoms with van der Waals surface area (Å²) in [6, 6.07) is 2.14. The van der Waals surface area contributed by atoms with Crippen LogP contribution < -0.4 is 5.73 Å². The fourth-order valence-corrected chi connectivity index (χ4v) is 2.05. The van der Waals surface area contributed by atoms with Gasteiger partial charge in [0.2, 0.25) is 0 Å². The number of aromatic nitrogens is 1. The minimum absolute atomic E-state index is 0.0881. The summed E-state index contributed by atoms with van der Waals surface area (Å²) in [7, 11) is 0. The standard InChI is InChI=1S/C10H16N2/c1-9(2,11)10(4-5-10)8-3-6-12-7-8/h3,6-7,12H,4-5,11H2,1-2H3. The fraction of sp³-hybridized carbons (Fsp3) is 0.600. The molecule has 2 rings (SSSR count). The first kappa shape index (κ1) is 7.87. The van der Waals surface area contributed by atoms with Crippen molar-refractivity contribution in [1.29, 1.82) is 0 Å². The maximum Gasteiger partial charge on any atom is 0.0195 e. The van der Waals surface area contributed by atoms with Crippen LogP contribution in [0.15, 0.2) is 18.5 Å². The predicted molar refractivity (Wildman–Crippen MR) is 50.0 cm³/mol. The van der Waals surface area contributed by atoms with Crippen LogP contribution in [0.25, 0.3) is 0 Å². The Balaban J connectivity index is 2.35. The minimum Gasteiger partial charge on any atom is -0.367 e. The van der Waals surface area contributed by atoms with E-state index in [-0.39, 0.29) is 11.0 Å². The summed E-state index contributed by atoms with van der Waals surface area (Å²) in [4.78, 5) is 3.09. The second kappa shape index (κ2) is 2.13. The summed E-state index contributed by atoms with van der Waals surface area (Å²) in [6.07, 6.45) is 6.51. The molecule has 1 aliphatic carbocycles. The highest BCUT2D eigenvalue weighted by molar-refractivity contribution is 5.34. The van der Waals surface area contributed by atoms with Gasteiger partial charge in [0.1, 0.15) is 0 Å². The van der Waals surface area contributed by atoms with Gasteiger partial charge < -0.3 is 10.7 Å². The van der Waals surface area contributed by atoms with Crippen molar-refractivity contribution >= 4 is 0 Å². The molecule has 0 atom stereocenters. The van der Waals surface area contributed by atoms with Crippen LogP contribution in [-0.2, 0) is 5.41 Å². The predicted octanol–water partition coefficient (Wildman–Crippen LogP) is 1.78. The normalized spacial score (nSPS) is 20.9. The highest BCUT2D eigenvalue weighted by atomic mass is 14.8. The third-order valence-corrected chi connectivity index (χ3v) is 3.13. The van der Waals surface area contributed by atoms with Gasteiger partial charge >= 0.3 is 0 Å². The van der Waals surface area contributed by atoms with Crippen molar-refractivity contribution in [2.45, 2.75) is 37.6 Å². The molecule has 12 heavy (non-hydrogen) atoms. The van der Waals surface area contributed by atoms with Crippen LogP contribution in [0.4, 0.5) is 0 Å². The van der Waals surface area contributed by atoms with Gasteiger partial charge in [0.05, 0.1) is 0 Å². The molecule has 2 heteroatoms. The Kier molecular flexibility index (Phi) is 1.40. The van der Waals surface area contributed by atoms with E-state index in [9.17, 15) is 0 Å². The van der Waals surface area contributed by atoms with Crippen molar-refractivity contribution in [1.82, 2.24) is 4.98 Å². The molecule has 1 saturated carbocycles. The third-order valence-electron chi connectivity index (χ3n) is 3.13. The van der Waals surface area contributed by atoms with Crippen molar-refractivity contribution in [2.75, 3.05) is 0 Å². The molecule has 0 bridgehead atoms. The van der Waals surface area contributed by atoms with Gasteiger partial charge in [-0.05, 0) is 38.3 Å². The van der Waals surface area contributed by atoms with E-state index in [1.807, 2.05) is 6.20 Å². The maximum absolute atomic E-state index is 6.15. The minimum atomic E-state index is -0.0881. The highest BCUT2D eigenvalue weighted by Crippen LogP contribution is 2.54. The quantitative estimate of drug-likeness (QED) is 0.687. The Morgan fingerprint density at radius 2 is 2.17 bits per heavy atom. The van der Waals surface area contributed by atoms with Gasteiger partial charge in [0.25, 0.3) is 0 Å². The van der Waals surface area contributed by atoms with Crippen LogP contribution in [0, 0.1) is 0 Å². The van der Waals surface area contributed by atoms with Gasteiger partial charge in [-0.3, -0.25) is 0 Å². The Hall–Kier alpha value is -0.760. The summed E-state index contributed by atoms with van der Waals surface area (Å²) in [5.41, 5.74) is 7.69. The molecule has 2 nitrogen and oxygen atoms in total. The zero-order valence-electron chi connectivity index (χ0n) is 7.72. The number of hydrogen-bond acceptors (Lipinski definition) is 1. The lowest BCUT2D eigenvalue weighted by atomic mass is 9.80. The van der Waals surface area contributed by atoms with E-state index in [1.165, 1.54) is 18.4 Å². The van der Waals surface area contributed by atoms with Crippen LogP contribution in [0.3, 0.4) is 0 Å². The number of nitrogens with two attached hydrogens (primary N) is 1. The van der Waals surface area contributed by atoms with E-state index in [0.717, 1.165) is 0 Å². The zero-order valence-corrected chi connectivity index (χ0v) is 7.72. The van der Waals surface area contributed by atoms with E-state index in [4.69, 9.17) is 5.73 Å². The number of H-pyrrole nitrogens is 1. The zero-order chi connectivity index (χ0) is 8.82. The van der Waals surface area contributed by atoms with Crippen LogP contribution in [-0.4, -0.2) is 10.5 Å². The molecule has 66 valence electrons. The van der Waals surface area contributed by atoms with E-state index >= 15 is 0 Å². The summed E-state index contributed by atoms with van der Waals surface area (Å²) < 4.78 is 0. The molecule has 0 aromatic carbocycles. The molecule has 1 heterocycles. The lowest BCUT2D eigenvalue weighted by Gasteiger charge is -2.30. The third kappa shape index (κ3) is 0.911. The molecule has 0 radical (unpaired) electrons. The fourth-order valence-electron chi connectivity index (χ4n) is 2.05. The van der Waals surface area contributed by atoms with Gasteiger partial charge in [0.15, 0.2) is 0 Å². The summed E-state index contributed by atoms with van der Waals surface area (Å²) in [6.45, 7) is 4.24. The van der Waals surface area contributed by atoms with E-state index in [1.54, 1.807) is 0 Å². The topological polar surface area (TPSA) is 41.8 Å². The molecule has 0 amide bonds. The Morgan fingerprint density at radius 3 is 2.50 bits per heavy atom. The van der Waals surface area contributed by atoms with Crippen LogP contribution in [0.2, 0.25) is 0 Å². The number of rotatable bonds is 2. The molecule has 1 aromatic rings. The first-order valence-electron chi connectivity index (χ1n) is 4.48. The van der Waals surface area contributed by atoms with Crippen LogP contribution in [0.5, 0.6) is 0 Å². The molecule has 3 N–H and O–H groups in total. The van der Waals surface area contributed by atoms with Gasteiger partial charge in [0, 0.05) is 23.3 Å². The number of nitrogens with one attached hydrogen (secondary N) is 1. The molecule has 1 fully saturated rings. The Labute approximate surface area is 73.2 Å². The van der Waals surface area contributed by atoms with Crippen LogP contribution >= 0.6 is 0 Å². The van der Waals surface area contributed by atoms with E-state index < -0.39 is 0 Å². The van der Waals surface area contributed by atoms with Gasteiger partial charge in [-0.1, -0.05) is 0 Å². The van der Waals surface area contributed by atoms with Crippen molar-refractivity contribution in [3.63, 3.8) is 0 Å². The second-order valence-electron chi connectivity index (χ2n) is 4.40. The molecule has 0 aliphatic heterocycles. The Bertz CT molecular complexity index is 263. The molecule has 0 saturated heterocycles. The molecule has 0 spiro atoms. The summed E-state index contributed by atoms with van der Waals surface area (Å²) in [5, 5.41) is 0. The van der Waals surface area contributed by atoms with Gasteiger partial charge in [-0.2, -0.15) is 0 Å². The van der Waals surface area contributed by atoms with Gasteiger partial charge in [-0.15, -0.1) is 0 Å².